The Kier molecular flexibility index (Phi) is 2.96. The van der Waals surface area contributed by atoms with E-state index in [1.54, 1.807) is 7.11 Å². The average molecular weight is 205 g/mol. The van der Waals surface area contributed by atoms with Gasteiger partial charge in [0.2, 0.25) is 0 Å². The largest absolute Gasteiger partial charge is 0.496 e. The predicted octanol–water partition coefficient (Wildman–Crippen LogP) is 2.07. The van der Waals surface area contributed by atoms with Crippen molar-refractivity contribution in [1.82, 2.24) is 0 Å². The summed E-state index contributed by atoms with van der Waals surface area (Å²) in [6.45, 7) is 2.06. The zero-order chi connectivity index (χ0) is 10.8. The third-order valence-electron chi connectivity index (χ3n) is 3.10. The van der Waals surface area contributed by atoms with Crippen molar-refractivity contribution in [2.75, 3.05) is 7.11 Å². The van der Waals surface area contributed by atoms with Crippen molar-refractivity contribution in [1.29, 1.82) is 0 Å². The van der Waals surface area contributed by atoms with Crippen LogP contribution in [0.15, 0.2) is 12.1 Å². The van der Waals surface area contributed by atoms with Gasteiger partial charge in [-0.2, -0.15) is 0 Å². The molecule has 1 unspecified atom stereocenters. The van der Waals surface area contributed by atoms with Gasteiger partial charge >= 0.3 is 0 Å². The van der Waals surface area contributed by atoms with Crippen LogP contribution in [0.3, 0.4) is 0 Å². The second kappa shape index (κ2) is 4.23. The fourth-order valence-electron chi connectivity index (χ4n) is 2.48. The Morgan fingerprint density at radius 2 is 2.07 bits per heavy atom. The summed E-state index contributed by atoms with van der Waals surface area (Å²) in [5.74, 6) is 1.05. The number of rotatable bonds is 3. The quantitative estimate of drug-likeness (QED) is 0.820. The number of hydrogen-bond donors (Lipinski definition) is 1. The van der Waals surface area contributed by atoms with E-state index in [0.717, 1.165) is 18.6 Å². The first-order chi connectivity index (χ1) is 7.22. The van der Waals surface area contributed by atoms with Crippen LogP contribution in [0.5, 0.6) is 5.75 Å². The Balaban J connectivity index is 2.38. The van der Waals surface area contributed by atoms with E-state index in [4.69, 9.17) is 10.5 Å². The molecule has 2 N–H and O–H groups in total. The highest BCUT2D eigenvalue weighted by atomic mass is 16.5. The number of ether oxygens (including phenoxy) is 1. The molecule has 0 heterocycles. The van der Waals surface area contributed by atoms with Crippen LogP contribution in [-0.4, -0.2) is 13.2 Å². The van der Waals surface area contributed by atoms with Gasteiger partial charge in [-0.3, -0.25) is 0 Å². The molecule has 2 nitrogen and oxygen atoms in total. The van der Waals surface area contributed by atoms with Gasteiger partial charge in [0, 0.05) is 6.04 Å². The van der Waals surface area contributed by atoms with Crippen LogP contribution in [-0.2, 0) is 19.3 Å². The molecule has 0 saturated heterocycles. The third-order valence-corrected chi connectivity index (χ3v) is 3.10. The van der Waals surface area contributed by atoms with E-state index < -0.39 is 0 Å². The molecule has 2 rings (SSSR count). The molecule has 82 valence electrons. The number of benzene rings is 1. The first-order valence-electron chi connectivity index (χ1n) is 5.65. The van der Waals surface area contributed by atoms with Crippen molar-refractivity contribution in [2.24, 2.45) is 5.73 Å². The van der Waals surface area contributed by atoms with Crippen molar-refractivity contribution in [3.05, 3.63) is 28.8 Å². The molecular formula is C13H19NO. The molecule has 0 saturated carbocycles. The summed E-state index contributed by atoms with van der Waals surface area (Å²) in [6, 6.07) is 4.50. The molecule has 0 aliphatic heterocycles. The number of fused-ring (bicyclic) bond motifs is 1. The van der Waals surface area contributed by atoms with E-state index in [9.17, 15) is 0 Å². The highest BCUT2D eigenvalue weighted by Crippen LogP contribution is 2.33. The SMILES string of the molecule is COc1ccc(CC(C)N)c2c1CCC2. The lowest BCUT2D eigenvalue weighted by atomic mass is 9.97. The van der Waals surface area contributed by atoms with Crippen LogP contribution in [0.1, 0.15) is 30.0 Å². The molecule has 1 aromatic carbocycles. The van der Waals surface area contributed by atoms with Crippen molar-refractivity contribution in [3.63, 3.8) is 0 Å². The maximum Gasteiger partial charge on any atom is 0.122 e. The molecule has 0 bridgehead atoms. The molecule has 0 aromatic heterocycles. The Hall–Kier alpha value is -1.02. The minimum Gasteiger partial charge on any atom is -0.496 e. The zero-order valence-corrected chi connectivity index (χ0v) is 9.55. The summed E-state index contributed by atoms with van der Waals surface area (Å²) in [4.78, 5) is 0. The lowest BCUT2D eigenvalue weighted by Crippen LogP contribution is -2.18. The minimum atomic E-state index is 0.239. The fourth-order valence-corrected chi connectivity index (χ4v) is 2.48. The van der Waals surface area contributed by atoms with Gasteiger partial charge in [-0.25, -0.2) is 0 Å². The van der Waals surface area contributed by atoms with Gasteiger partial charge in [-0.15, -0.1) is 0 Å². The van der Waals surface area contributed by atoms with Crippen molar-refractivity contribution in [2.45, 2.75) is 38.6 Å². The molecule has 0 radical (unpaired) electrons. The summed E-state index contributed by atoms with van der Waals surface area (Å²) in [5, 5.41) is 0. The monoisotopic (exact) mass is 205 g/mol. The summed E-state index contributed by atoms with van der Waals surface area (Å²) in [7, 11) is 1.75. The van der Waals surface area contributed by atoms with Gasteiger partial charge in [-0.1, -0.05) is 6.07 Å². The summed E-state index contributed by atoms with van der Waals surface area (Å²) in [6.07, 6.45) is 4.58. The highest BCUT2D eigenvalue weighted by Gasteiger charge is 2.19. The Morgan fingerprint density at radius 3 is 2.73 bits per heavy atom. The van der Waals surface area contributed by atoms with Crippen LogP contribution in [0, 0.1) is 0 Å². The van der Waals surface area contributed by atoms with E-state index in [1.807, 2.05) is 0 Å². The maximum absolute atomic E-state index is 5.86. The summed E-state index contributed by atoms with van der Waals surface area (Å²) in [5.41, 5.74) is 10.2. The number of methoxy groups -OCH3 is 1. The first-order valence-corrected chi connectivity index (χ1v) is 5.65. The van der Waals surface area contributed by atoms with E-state index in [-0.39, 0.29) is 6.04 Å². The van der Waals surface area contributed by atoms with Gasteiger partial charge in [0.15, 0.2) is 0 Å². The number of hydrogen-bond acceptors (Lipinski definition) is 2. The molecular weight excluding hydrogens is 186 g/mol. The average Bonchev–Trinajstić information content (AvgIpc) is 2.66. The normalized spacial score (nSPS) is 16.2. The molecule has 15 heavy (non-hydrogen) atoms. The van der Waals surface area contributed by atoms with E-state index in [1.165, 1.54) is 29.5 Å². The Bertz CT molecular complexity index is 358. The van der Waals surface area contributed by atoms with E-state index >= 15 is 0 Å². The molecule has 1 aliphatic rings. The second-order valence-corrected chi connectivity index (χ2v) is 4.42. The molecule has 0 spiro atoms. The van der Waals surface area contributed by atoms with Crippen LogP contribution in [0.4, 0.5) is 0 Å². The zero-order valence-electron chi connectivity index (χ0n) is 9.55. The van der Waals surface area contributed by atoms with Crippen molar-refractivity contribution >= 4 is 0 Å². The maximum atomic E-state index is 5.86. The molecule has 2 heteroatoms. The van der Waals surface area contributed by atoms with Crippen molar-refractivity contribution in [3.8, 4) is 5.75 Å². The van der Waals surface area contributed by atoms with E-state index in [2.05, 4.69) is 19.1 Å². The molecule has 0 fully saturated rings. The third kappa shape index (κ3) is 2.00. The highest BCUT2D eigenvalue weighted by molar-refractivity contribution is 5.48. The van der Waals surface area contributed by atoms with Gasteiger partial charge in [0.25, 0.3) is 0 Å². The van der Waals surface area contributed by atoms with Crippen molar-refractivity contribution < 1.29 is 4.74 Å². The number of nitrogens with two attached hydrogens (primary N) is 1. The van der Waals surface area contributed by atoms with E-state index in [0.29, 0.717) is 0 Å². The van der Waals surface area contributed by atoms with Gasteiger partial charge in [0.1, 0.15) is 5.75 Å². The topological polar surface area (TPSA) is 35.2 Å². The lowest BCUT2D eigenvalue weighted by Gasteiger charge is -2.13. The van der Waals surface area contributed by atoms with Crippen LogP contribution in [0.2, 0.25) is 0 Å². The molecule has 1 atom stereocenters. The molecule has 1 aromatic rings. The Labute approximate surface area is 91.4 Å². The van der Waals surface area contributed by atoms with Gasteiger partial charge < -0.3 is 10.5 Å². The molecule has 1 aliphatic carbocycles. The smallest absolute Gasteiger partial charge is 0.122 e. The standard InChI is InChI=1S/C13H19NO/c1-9(14)8-10-6-7-13(15-2)12-5-3-4-11(10)12/h6-7,9H,3-5,8,14H2,1-2H3. The van der Waals surface area contributed by atoms with Gasteiger partial charge in [-0.05, 0) is 55.4 Å². The first kappa shape index (κ1) is 10.5. The predicted molar refractivity (Wildman–Crippen MR) is 62.4 cm³/mol. The Morgan fingerprint density at radius 1 is 1.33 bits per heavy atom. The minimum absolute atomic E-state index is 0.239. The van der Waals surface area contributed by atoms with Crippen LogP contribution >= 0.6 is 0 Å². The van der Waals surface area contributed by atoms with Crippen LogP contribution < -0.4 is 10.5 Å². The molecule has 0 amide bonds. The van der Waals surface area contributed by atoms with Gasteiger partial charge in [0.05, 0.1) is 7.11 Å². The lowest BCUT2D eigenvalue weighted by molar-refractivity contribution is 0.410. The van der Waals surface area contributed by atoms with Crippen LogP contribution in [0.25, 0.3) is 0 Å². The second-order valence-electron chi connectivity index (χ2n) is 4.42. The summed E-state index contributed by atoms with van der Waals surface area (Å²) >= 11 is 0. The fraction of sp³-hybridized carbons (Fsp3) is 0.538. The summed E-state index contributed by atoms with van der Waals surface area (Å²) < 4.78 is 5.39.